The molecule has 0 bridgehead atoms. The quantitative estimate of drug-likeness (QED) is 0.363. The number of thiocarbonyl (C=S) groups is 1. The van der Waals surface area contributed by atoms with Crippen molar-refractivity contribution in [1.82, 2.24) is 5.32 Å². The van der Waals surface area contributed by atoms with Crippen LogP contribution in [0.25, 0.3) is 0 Å². The smallest absolute Gasteiger partial charge is 0.273 e. The van der Waals surface area contributed by atoms with E-state index in [1.165, 1.54) is 19.2 Å². The molecule has 0 atom stereocenters. The van der Waals surface area contributed by atoms with Gasteiger partial charge in [0.05, 0.1) is 29.3 Å². The summed E-state index contributed by atoms with van der Waals surface area (Å²) in [5.41, 5.74) is -0.0388. The minimum Gasteiger partial charge on any atom is -0.494 e. The monoisotopic (exact) mass is 321 g/mol. The van der Waals surface area contributed by atoms with Gasteiger partial charge in [-0.25, -0.2) is 0 Å². The number of rotatable bonds is 6. The first-order valence-electron chi connectivity index (χ1n) is 6.80. The summed E-state index contributed by atoms with van der Waals surface area (Å²) in [5, 5.41) is 17.2. The lowest BCUT2D eigenvalue weighted by molar-refractivity contribution is -0.384. The summed E-state index contributed by atoms with van der Waals surface area (Å²) < 4.78 is 5.15. The fraction of sp³-hybridized carbons (Fsp3) is 0.400. The zero-order valence-corrected chi connectivity index (χ0v) is 13.6. The van der Waals surface area contributed by atoms with Crippen LogP contribution in [-0.4, -0.2) is 22.7 Å². The molecule has 0 aliphatic carbocycles. The van der Waals surface area contributed by atoms with Gasteiger partial charge >= 0.3 is 0 Å². The molecule has 1 aromatic rings. The third kappa shape index (κ3) is 4.09. The van der Waals surface area contributed by atoms with E-state index in [9.17, 15) is 10.1 Å². The van der Waals surface area contributed by atoms with Crippen LogP contribution in [0.4, 0.5) is 11.4 Å². The maximum Gasteiger partial charge on any atom is 0.273 e. The van der Waals surface area contributed by atoms with Gasteiger partial charge in [-0.15, -0.1) is 6.42 Å². The Bertz CT molecular complexity index is 607. The number of nitrogens with one attached hydrogen (secondary N) is 2. The van der Waals surface area contributed by atoms with E-state index in [1.807, 2.05) is 13.8 Å². The number of hydrogen-bond donors (Lipinski definition) is 2. The van der Waals surface area contributed by atoms with Crippen molar-refractivity contribution in [2.45, 2.75) is 32.2 Å². The Morgan fingerprint density at radius 1 is 1.50 bits per heavy atom. The molecular formula is C15H19N3O3S. The number of non-ortho nitro benzene ring substituents is 1. The SMILES string of the molecule is C#CC(CC)(CC)NC(=S)Nc1ccc([N+](=O)[O-])cc1OC. The standard InChI is InChI=1S/C15H19N3O3S/c1-5-15(6-2,7-3)17-14(22)16-12-9-8-11(18(19)20)10-13(12)21-4/h1,8-10H,6-7H2,2-4H3,(H2,16,17,22). The molecule has 0 aliphatic heterocycles. The van der Waals surface area contributed by atoms with E-state index in [1.54, 1.807) is 6.07 Å². The fourth-order valence-corrected chi connectivity index (χ4v) is 2.24. The predicted octanol–water partition coefficient (Wildman–Crippen LogP) is 3.08. The van der Waals surface area contributed by atoms with Crippen LogP contribution >= 0.6 is 12.2 Å². The van der Waals surface area contributed by atoms with Crippen LogP contribution in [0.1, 0.15) is 26.7 Å². The van der Waals surface area contributed by atoms with Crippen LogP contribution in [-0.2, 0) is 0 Å². The highest BCUT2D eigenvalue weighted by atomic mass is 32.1. The van der Waals surface area contributed by atoms with Crippen molar-refractivity contribution in [3.63, 3.8) is 0 Å². The maximum absolute atomic E-state index is 10.8. The van der Waals surface area contributed by atoms with Gasteiger partial charge in [-0.05, 0) is 31.1 Å². The number of methoxy groups -OCH3 is 1. The van der Waals surface area contributed by atoms with Crippen LogP contribution < -0.4 is 15.4 Å². The summed E-state index contributed by atoms with van der Waals surface area (Å²) in [6.45, 7) is 3.96. The van der Waals surface area contributed by atoms with Crippen LogP contribution in [0.15, 0.2) is 18.2 Å². The number of anilines is 1. The lowest BCUT2D eigenvalue weighted by atomic mass is 9.94. The summed E-state index contributed by atoms with van der Waals surface area (Å²) in [5.74, 6) is 3.06. The molecule has 118 valence electrons. The Morgan fingerprint density at radius 2 is 2.14 bits per heavy atom. The van der Waals surface area contributed by atoms with Crippen LogP contribution in [0.2, 0.25) is 0 Å². The first-order chi connectivity index (χ1) is 10.4. The van der Waals surface area contributed by atoms with E-state index >= 15 is 0 Å². The van der Waals surface area contributed by atoms with Crippen molar-refractivity contribution < 1.29 is 9.66 Å². The Balaban J connectivity index is 2.93. The number of nitro groups is 1. The first-order valence-corrected chi connectivity index (χ1v) is 7.21. The molecule has 0 aliphatic rings. The third-order valence-electron chi connectivity index (χ3n) is 3.48. The van der Waals surface area contributed by atoms with E-state index in [2.05, 4.69) is 16.6 Å². The number of hydrogen-bond acceptors (Lipinski definition) is 4. The van der Waals surface area contributed by atoms with E-state index in [0.717, 1.165) is 12.8 Å². The lowest BCUT2D eigenvalue weighted by Crippen LogP contribution is -2.48. The first kappa shape index (κ1) is 17.7. The Labute approximate surface area is 135 Å². The van der Waals surface area contributed by atoms with Gasteiger partial charge in [0.2, 0.25) is 0 Å². The van der Waals surface area contributed by atoms with Gasteiger partial charge in [0.15, 0.2) is 5.11 Å². The van der Waals surface area contributed by atoms with E-state index < -0.39 is 10.5 Å². The fourth-order valence-electron chi connectivity index (χ4n) is 1.93. The van der Waals surface area contributed by atoms with Crippen LogP contribution in [0, 0.1) is 22.5 Å². The lowest BCUT2D eigenvalue weighted by Gasteiger charge is -2.28. The van der Waals surface area contributed by atoms with Crippen LogP contribution in [0.5, 0.6) is 5.75 Å². The number of nitro benzene ring substituents is 1. The van der Waals surface area contributed by atoms with Gasteiger partial charge in [0.25, 0.3) is 5.69 Å². The van der Waals surface area contributed by atoms with Gasteiger partial charge < -0.3 is 15.4 Å². The molecule has 0 amide bonds. The molecule has 1 rings (SSSR count). The molecule has 0 saturated heterocycles. The largest absolute Gasteiger partial charge is 0.494 e. The van der Waals surface area contributed by atoms with E-state index in [0.29, 0.717) is 16.5 Å². The molecule has 22 heavy (non-hydrogen) atoms. The zero-order chi connectivity index (χ0) is 16.8. The van der Waals surface area contributed by atoms with Gasteiger partial charge in [-0.1, -0.05) is 19.8 Å². The van der Waals surface area contributed by atoms with Crippen molar-refractivity contribution in [2.75, 3.05) is 12.4 Å². The molecule has 0 radical (unpaired) electrons. The molecule has 0 saturated carbocycles. The Morgan fingerprint density at radius 3 is 2.59 bits per heavy atom. The topological polar surface area (TPSA) is 76.4 Å². The van der Waals surface area contributed by atoms with Gasteiger partial charge in [-0.3, -0.25) is 10.1 Å². The number of nitrogens with zero attached hydrogens (tertiary/aromatic N) is 1. The summed E-state index contributed by atoms with van der Waals surface area (Å²) in [6, 6.07) is 4.25. The normalized spacial score (nSPS) is 10.5. The molecule has 6 nitrogen and oxygen atoms in total. The van der Waals surface area contributed by atoms with Crippen molar-refractivity contribution in [3.8, 4) is 18.1 Å². The minimum absolute atomic E-state index is 0.0543. The molecule has 0 unspecified atom stereocenters. The number of benzene rings is 1. The maximum atomic E-state index is 10.8. The van der Waals surface area contributed by atoms with Crippen molar-refractivity contribution in [2.24, 2.45) is 0 Å². The van der Waals surface area contributed by atoms with Gasteiger partial charge in [0.1, 0.15) is 5.75 Å². The Hall–Kier alpha value is -2.33. The van der Waals surface area contributed by atoms with Gasteiger partial charge in [0, 0.05) is 6.07 Å². The second kappa shape index (κ2) is 7.61. The summed E-state index contributed by atoms with van der Waals surface area (Å²) >= 11 is 5.27. The number of ether oxygens (including phenoxy) is 1. The van der Waals surface area contributed by atoms with Crippen LogP contribution in [0.3, 0.4) is 0 Å². The predicted molar refractivity (Wildman–Crippen MR) is 91.2 cm³/mol. The highest BCUT2D eigenvalue weighted by Gasteiger charge is 2.24. The highest BCUT2D eigenvalue weighted by Crippen LogP contribution is 2.29. The second-order valence-electron chi connectivity index (χ2n) is 4.65. The molecular weight excluding hydrogens is 302 g/mol. The third-order valence-corrected chi connectivity index (χ3v) is 3.68. The van der Waals surface area contributed by atoms with Crippen molar-refractivity contribution in [3.05, 3.63) is 28.3 Å². The summed E-state index contributed by atoms with van der Waals surface area (Å²) in [6.07, 6.45) is 7.02. The molecule has 0 heterocycles. The average Bonchev–Trinajstić information content (AvgIpc) is 2.52. The summed E-state index contributed by atoms with van der Waals surface area (Å²) in [4.78, 5) is 10.3. The average molecular weight is 321 g/mol. The molecule has 0 fully saturated rings. The van der Waals surface area contributed by atoms with Crippen molar-refractivity contribution in [1.29, 1.82) is 0 Å². The van der Waals surface area contributed by atoms with Gasteiger partial charge in [-0.2, -0.15) is 0 Å². The summed E-state index contributed by atoms with van der Waals surface area (Å²) in [7, 11) is 1.44. The minimum atomic E-state index is -0.516. The molecule has 0 spiro atoms. The highest BCUT2D eigenvalue weighted by molar-refractivity contribution is 7.80. The molecule has 2 N–H and O–H groups in total. The second-order valence-corrected chi connectivity index (χ2v) is 5.06. The molecule has 7 heteroatoms. The molecule has 0 aromatic heterocycles. The number of terminal acetylenes is 1. The van der Waals surface area contributed by atoms with E-state index in [4.69, 9.17) is 23.4 Å². The molecule has 1 aromatic carbocycles. The van der Waals surface area contributed by atoms with E-state index in [-0.39, 0.29) is 5.69 Å². The zero-order valence-electron chi connectivity index (χ0n) is 12.8. The van der Waals surface area contributed by atoms with Crippen molar-refractivity contribution >= 4 is 28.7 Å². The Kier molecular flexibility index (Phi) is 6.13.